The highest BCUT2D eigenvalue weighted by Crippen LogP contribution is 2.21. The van der Waals surface area contributed by atoms with E-state index in [0.29, 0.717) is 17.5 Å². The highest BCUT2D eigenvalue weighted by molar-refractivity contribution is 5.95. The molecule has 2 fully saturated rings. The summed E-state index contributed by atoms with van der Waals surface area (Å²) in [5.74, 6) is 1.23. The Morgan fingerprint density at radius 2 is 2.10 bits per heavy atom. The summed E-state index contributed by atoms with van der Waals surface area (Å²) in [6.45, 7) is 3.93. The Bertz CT molecular complexity index is 505. The van der Waals surface area contributed by atoms with Crippen LogP contribution in [0.4, 0.5) is 0 Å². The van der Waals surface area contributed by atoms with Crippen molar-refractivity contribution in [2.24, 2.45) is 0 Å². The molecule has 1 aromatic rings. The van der Waals surface area contributed by atoms with E-state index in [1.54, 1.807) is 6.20 Å². The summed E-state index contributed by atoms with van der Waals surface area (Å²) < 4.78 is 0. The van der Waals surface area contributed by atoms with Gasteiger partial charge in [-0.25, -0.2) is 9.97 Å². The van der Waals surface area contributed by atoms with Gasteiger partial charge < -0.3 is 10.6 Å². The fourth-order valence-corrected chi connectivity index (χ4v) is 3.31. The minimum Gasteiger partial charge on any atom is -0.349 e. The van der Waals surface area contributed by atoms with Crippen LogP contribution < -0.4 is 10.6 Å². The zero-order chi connectivity index (χ0) is 14.7. The SMILES string of the molecule is Cc1nc([C@H]2CCCNC2)ncc1C(=O)NC1CCCC1. The molecule has 1 amide bonds. The van der Waals surface area contributed by atoms with Crippen LogP contribution >= 0.6 is 0 Å². The zero-order valence-corrected chi connectivity index (χ0v) is 12.7. The van der Waals surface area contributed by atoms with Crippen molar-refractivity contribution in [1.82, 2.24) is 20.6 Å². The van der Waals surface area contributed by atoms with Gasteiger partial charge in [-0.05, 0) is 39.2 Å². The maximum Gasteiger partial charge on any atom is 0.254 e. The molecular formula is C16H24N4O. The van der Waals surface area contributed by atoms with Crippen LogP contribution in [-0.4, -0.2) is 35.0 Å². The minimum atomic E-state index is -0.0206. The number of aryl methyl sites for hydroxylation is 1. The Morgan fingerprint density at radius 1 is 1.29 bits per heavy atom. The van der Waals surface area contributed by atoms with Crippen molar-refractivity contribution in [3.63, 3.8) is 0 Å². The molecule has 1 atom stereocenters. The number of amides is 1. The molecule has 1 aliphatic heterocycles. The number of aromatic nitrogens is 2. The van der Waals surface area contributed by atoms with Crippen molar-refractivity contribution in [3.8, 4) is 0 Å². The zero-order valence-electron chi connectivity index (χ0n) is 12.7. The lowest BCUT2D eigenvalue weighted by Crippen LogP contribution is -2.34. The van der Waals surface area contributed by atoms with Gasteiger partial charge in [0.15, 0.2) is 0 Å². The van der Waals surface area contributed by atoms with Crippen molar-refractivity contribution in [3.05, 3.63) is 23.3 Å². The van der Waals surface area contributed by atoms with E-state index in [9.17, 15) is 4.79 Å². The van der Waals surface area contributed by atoms with Gasteiger partial charge >= 0.3 is 0 Å². The lowest BCUT2D eigenvalue weighted by molar-refractivity contribution is 0.0936. The molecule has 0 bridgehead atoms. The van der Waals surface area contributed by atoms with Crippen molar-refractivity contribution in [2.75, 3.05) is 13.1 Å². The van der Waals surface area contributed by atoms with E-state index in [0.717, 1.165) is 50.3 Å². The summed E-state index contributed by atoms with van der Waals surface area (Å²) in [5, 5.41) is 6.48. The largest absolute Gasteiger partial charge is 0.349 e. The third-order valence-corrected chi connectivity index (χ3v) is 4.60. The lowest BCUT2D eigenvalue weighted by atomic mass is 9.98. The van der Waals surface area contributed by atoms with Crippen molar-refractivity contribution in [2.45, 2.75) is 57.4 Å². The predicted molar refractivity (Wildman–Crippen MR) is 81.3 cm³/mol. The van der Waals surface area contributed by atoms with Crippen molar-refractivity contribution in [1.29, 1.82) is 0 Å². The van der Waals surface area contributed by atoms with Crippen LogP contribution in [-0.2, 0) is 0 Å². The fraction of sp³-hybridized carbons (Fsp3) is 0.688. The third kappa shape index (κ3) is 3.40. The maximum atomic E-state index is 12.3. The summed E-state index contributed by atoms with van der Waals surface area (Å²) in [6.07, 6.45) is 8.62. The number of hydrogen-bond acceptors (Lipinski definition) is 4. The molecule has 2 heterocycles. The van der Waals surface area contributed by atoms with Gasteiger partial charge in [0, 0.05) is 24.7 Å². The van der Waals surface area contributed by atoms with Crippen LogP contribution in [0.15, 0.2) is 6.20 Å². The van der Waals surface area contributed by atoms with Crippen LogP contribution in [0.5, 0.6) is 0 Å². The Labute approximate surface area is 125 Å². The maximum absolute atomic E-state index is 12.3. The van der Waals surface area contributed by atoms with E-state index in [1.165, 1.54) is 12.8 Å². The molecule has 21 heavy (non-hydrogen) atoms. The summed E-state index contributed by atoms with van der Waals surface area (Å²) in [5.41, 5.74) is 1.41. The second-order valence-electron chi connectivity index (χ2n) is 6.23. The lowest BCUT2D eigenvalue weighted by Gasteiger charge is -2.22. The van der Waals surface area contributed by atoms with E-state index >= 15 is 0 Å². The molecule has 0 unspecified atom stereocenters. The second kappa shape index (κ2) is 6.52. The van der Waals surface area contributed by atoms with E-state index in [-0.39, 0.29) is 5.91 Å². The van der Waals surface area contributed by atoms with Gasteiger partial charge in [0.1, 0.15) is 5.82 Å². The average molecular weight is 288 g/mol. The molecule has 1 saturated carbocycles. The quantitative estimate of drug-likeness (QED) is 0.892. The molecule has 0 radical (unpaired) electrons. The Morgan fingerprint density at radius 3 is 2.76 bits per heavy atom. The summed E-state index contributed by atoms with van der Waals surface area (Å²) in [6, 6.07) is 0.333. The number of carbonyl (C=O) groups excluding carboxylic acids is 1. The molecule has 1 aromatic heterocycles. The molecule has 0 aromatic carbocycles. The average Bonchev–Trinajstić information content (AvgIpc) is 3.01. The fourth-order valence-electron chi connectivity index (χ4n) is 3.31. The summed E-state index contributed by atoms with van der Waals surface area (Å²) in [4.78, 5) is 21.3. The topological polar surface area (TPSA) is 66.9 Å². The third-order valence-electron chi connectivity index (χ3n) is 4.60. The van der Waals surface area contributed by atoms with Gasteiger partial charge in [-0.1, -0.05) is 12.8 Å². The van der Waals surface area contributed by atoms with Gasteiger partial charge in [0.05, 0.1) is 11.3 Å². The van der Waals surface area contributed by atoms with Crippen LogP contribution in [0.2, 0.25) is 0 Å². The molecule has 2 N–H and O–H groups in total. The van der Waals surface area contributed by atoms with Gasteiger partial charge in [0.25, 0.3) is 5.91 Å². The first-order chi connectivity index (χ1) is 10.2. The number of piperidine rings is 1. The highest BCUT2D eigenvalue weighted by Gasteiger charge is 2.22. The van der Waals surface area contributed by atoms with Crippen LogP contribution in [0.1, 0.15) is 66.3 Å². The smallest absolute Gasteiger partial charge is 0.254 e. The Kier molecular flexibility index (Phi) is 4.48. The first kappa shape index (κ1) is 14.4. The van der Waals surface area contributed by atoms with Crippen LogP contribution in [0.25, 0.3) is 0 Å². The first-order valence-electron chi connectivity index (χ1n) is 8.09. The predicted octanol–water partition coefficient (Wildman–Crippen LogP) is 1.92. The van der Waals surface area contributed by atoms with Crippen molar-refractivity contribution < 1.29 is 4.79 Å². The Hall–Kier alpha value is -1.49. The number of carbonyl (C=O) groups is 1. The highest BCUT2D eigenvalue weighted by atomic mass is 16.1. The standard InChI is InChI=1S/C16H24N4O/c1-11-14(16(21)20-13-6-2-3-7-13)10-18-15(19-11)12-5-4-8-17-9-12/h10,12-13,17H,2-9H2,1H3,(H,20,21)/t12-/m0/s1. The van der Waals surface area contributed by atoms with Crippen molar-refractivity contribution >= 4 is 5.91 Å². The molecule has 1 saturated heterocycles. The monoisotopic (exact) mass is 288 g/mol. The molecule has 3 rings (SSSR count). The van der Waals surface area contributed by atoms with Gasteiger partial charge in [-0.2, -0.15) is 0 Å². The molecule has 2 aliphatic rings. The molecule has 114 valence electrons. The second-order valence-corrected chi connectivity index (χ2v) is 6.23. The number of nitrogens with zero attached hydrogens (tertiary/aromatic N) is 2. The normalized spacial score (nSPS) is 23.2. The molecule has 0 spiro atoms. The molecule has 5 heteroatoms. The molecule has 5 nitrogen and oxygen atoms in total. The van der Waals surface area contributed by atoms with Gasteiger partial charge in [-0.15, -0.1) is 0 Å². The number of rotatable bonds is 3. The van der Waals surface area contributed by atoms with E-state index in [4.69, 9.17) is 0 Å². The summed E-state index contributed by atoms with van der Waals surface area (Å²) >= 11 is 0. The molecule has 1 aliphatic carbocycles. The van der Waals surface area contributed by atoms with Gasteiger partial charge in [-0.3, -0.25) is 4.79 Å². The van der Waals surface area contributed by atoms with Crippen LogP contribution in [0, 0.1) is 6.92 Å². The van der Waals surface area contributed by atoms with Crippen LogP contribution in [0.3, 0.4) is 0 Å². The van der Waals surface area contributed by atoms with Gasteiger partial charge in [0.2, 0.25) is 0 Å². The Balaban J connectivity index is 1.69. The number of hydrogen-bond donors (Lipinski definition) is 2. The minimum absolute atomic E-state index is 0.0206. The van der Waals surface area contributed by atoms with E-state index < -0.39 is 0 Å². The summed E-state index contributed by atoms with van der Waals surface area (Å²) in [7, 11) is 0. The molecular weight excluding hydrogens is 264 g/mol. The number of nitrogens with one attached hydrogen (secondary N) is 2. The van der Waals surface area contributed by atoms with E-state index in [2.05, 4.69) is 20.6 Å². The first-order valence-corrected chi connectivity index (χ1v) is 8.09. The van der Waals surface area contributed by atoms with E-state index in [1.807, 2.05) is 6.92 Å².